The molecule has 0 atom stereocenters. The van der Waals surface area contributed by atoms with Gasteiger partial charge in [-0.05, 0) is 6.08 Å². The first-order valence-electron chi connectivity index (χ1n) is 2.63. The van der Waals surface area contributed by atoms with Crippen LogP contribution in [0.4, 0.5) is 13.2 Å². The summed E-state index contributed by atoms with van der Waals surface area (Å²) in [5.41, 5.74) is 0. The molecule has 2 nitrogen and oxygen atoms in total. The van der Waals surface area contributed by atoms with Gasteiger partial charge in [-0.25, -0.2) is 0 Å². The second-order valence-electron chi connectivity index (χ2n) is 1.77. The van der Waals surface area contributed by atoms with Crippen LogP contribution in [-0.4, -0.2) is 17.7 Å². The number of allylic oxidation sites excluding steroid dienone is 1. The van der Waals surface area contributed by atoms with Gasteiger partial charge < -0.3 is 0 Å². The van der Waals surface area contributed by atoms with Crippen LogP contribution in [0.25, 0.3) is 0 Å². The largest absolute Gasteiger partial charge is 0.450 e. The second kappa shape index (κ2) is 3.32. The minimum Gasteiger partial charge on any atom is -0.294 e. The van der Waals surface area contributed by atoms with Crippen LogP contribution in [0.2, 0.25) is 0 Å². The van der Waals surface area contributed by atoms with Gasteiger partial charge in [0, 0.05) is 0 Å². The molecule has 0 N–H and O–H groups in total. The number of Topliss-reactive ketones (excluding diaryl/α,β-unsaturated/α-hetero) is 1. The molecule has 0 bridgehead atoms. The lowest BCUT2D eigenvalue weighted by Crippen LogP contribution is -2.24. The van der Waals surface area contributed by atoms with E-state index in [0.29, 0.717) is 6.08 Å². The van der Waals surface area contributed by atoms with E-state index in [-0.39, 0.29) is 0 Å². The first kappa shape index (κ1) is 9.87. The fourth-order valence-corrected chi connectivity index (χ4v) is 0.331. The van der Waals surface area contributed by atoms with E-state index in [9.17, 15) is 22.8 Å². The summed E-state index contributed by atoms with van der Waals surface area (Å²) in [6, 6.07) is 0. The molecule has 0 rings (SSSR count). The molecule has 62 valence electrons. The lowest BCUT2D eigenvalue weighted by Gasteiger charge is -2.01. The average molecular weight is 166 g/mol. The van der Waals surface area contributed by atoms with Gasteiger partial charge in [-0.15, -0.1) is 0 Å². The van der Waals surface area contributed by atoms with Crippen LogP contribution >= 0.6 is 0 Å². The molecule has 0 aromatic heterocycles. The molecule has 5 heteroatoms. The van der Waals surface area contributed by atoms with Gasteiger partial charge in [0.25, 0.3) is 0 Å². The van der Waals surface area contributed by atoms with Gasteiger partial charge in [0.15, 0.2) is 5.78 Å². The zero-order chi connectivity index (χ0) is 9.07. The molecule has 0 aliphatic carbocycles. The first-order valence-corrected chi connectivity index (χ1v) is 2.63. The number of carbonyl (C=O) groups is 2. The van der Waals surface area contributed by atoms with Crippen molar-refractivity contribution in [2.24, 2.45) is 0 Å². The normalized spacial score (nSPS) is 10.8. The van der Waals surface area contributed by atoms with Crippen molar-refractivity contribution in [2.75, 3.05) is 0 Å². The standard InChI is InChI=1S/C6H5F3O2/c1-2-4(10)3-5(11)6(7,8)9/h2H,1,3H2. The maximum Gasteiger partial charge on any atom is 0.450 e. The molecule has 0 amide bonds. The van der Waals surface area contributed by atoms with Gasteiger partial charge in [0.05, 0.1) is 6.42 Å². The highest BCUT2D eigenvalue weighted by atomic mass is 19.4. The third-order valence-corrected chi connectivity index (χ3v) is 0.879. The van der Waals surface area contributed by atoms with Crippen molar-refractivity contribution < 1.29 is 22.8 Å². The van der Waals surface area contributed by atoms with Gasteiger partial charge >= 0.3 is 6.18 Å². The van der Waals surface area contributed by atoms with Crippen molar-refractivity contribution in [2.45, 2.75) is 12.6 Å². The van der Waals surface area contributed by atoms with Crippen molar-refractivity contribution in [1.29, 1.82) is 0 Å². The Bertz CT molecular complexity index is 192. The molecule has 0 aromatic rings. The van der Waals surface area contributed by atoms with Crippen LogP contribution in [-0.2, 0) is 9.59 Å². The van der Waals surface area contributed by atoms with Gasteiger partial charge in [-0.3, -0.25) is 9.59 Å². The van der Waals surface area contributed by atoms with E-state index < -0.39 is 24.2 Å². The molecule has 0 saturated heterocycles. The second-order valence-corrected chi connectivity index (χ2v) is 1.77. The predicted molar refractivity (Wildman–Crippen MR) is 30.9 cm³/mol. The Morgan fingerprint density at radius 1 is 1.36 bits per heavy atom. The molecule has 0 fully saturated rings. The zero-order valence-electron chi connectivity index (χ0n) is 5.44. The molecule has 0 unspecified atom stereocenters. The lowest BCUT2D eigenvalue weighted by molar-refractivity contribution is -0.171. The third kappa shape index (κ3) is 3.54. The Balaban J connectivity index is 4.09. The van der Waals surface area contributed by atoms with Crippen LogP contribution in [0.5, 0.6) is 0 Å². The van der Waals surface area contributed by atoms with Crippen LogP contribution in [0, 0.1) is 0 Å². The maximum absolute atomic E-state index is 11.4. The Kier molecular flexibility index (Phi) is 2.98. The number of alkyl halides is 3. The molecule has 11 heavy (non-hydrogen) atoms. The molecule has 0 spiro atoms. The summed E-state index contributed by atoms with van der Waals surface area (Å²) in [5, 5.41) is 0. The van der Waals surface area contributed by atoms with E-state index in [1.165, 1.54) is 0 Å². The average Bonchev–Trinajstić information content (AvgIpc) is 1.85. The lowest BCUT2D eigenvalue weighted by atomic mass is 10.2. The van der Waals surface area contributed by atoms with Gasteiger partial charge in [0.1, 0.15) is 0 Å². The molecule has 0 aliphatic rings. The summed E-state index contributed by atoms with van der Waals surface area (Å²) in [7, 11) is 0. The minimum atomic E-state index is -4.92. The number of halogens is 3. The summed E-state index contributed by atoms with van der Waals surface area (Å²) >= 11 is 0. The van der Waals surface area contributed by atoms with Crippen LogP contribution in [0.15, 0.2) is 12.7 Å². The highest BCUT2D eigenvalue weighted by Gasteiger charge is 2.38. The van der Waals surface area contributed by atoms with E-state index >= 15 is 0 Å². The van der Waals surface area contributed by atoms with Crippen LogP contribution in [0.1, 0.15) is 6.42 Å². The van der Waals surface area contributed by atoms with Crippen molar-refractivity contribution in [3.63, 3.8) is 0 Å². The van der Waals surface area contributed by atoms with Gasteiger partial charge in [-0.1, -0.05) is 6.58 Å². The molecule has 0 aliphatic heterocycles. The molecule has 0 radical (unpaired) electrons. The Labute approximate surface area is 60.7 Å². The van der Waals surface area contributed by atoms with Crippen LogP contribution in [0.3, 0.4) is 0 Å². The van der Waals surface area contributed by atoms with Crippen molar-refractivity contribution >= 4 is 11.6 Å². The number of carbonyl (C=O) groups excluding carboxylic acids is 2. The zero-order valence-corrected chi connectivity index (χ0v) is 5.44. The first-order chi connectivity index (χ1) is 4.88. The minimum absolute atomic E-state index is 0.684. The van der Waals surface area contributed by atoms with Crippen LogP contribution < -0.4 is 0 Å². The van der Waals surface area contributed by atoms with Crippen molar-refractivity contribution in [3.05, 3.63) is 12.7 Å². The number of rotatable bonds is 3. The Morgan fingerprint density at radius 2 is 1.82 bits per heavy atom. The SMILES string of the molecule is C=CC(=O)CC(=O)C(F)(F)F. The topological polar surface area (TPSA) is 34.1 Å². The fraction of sp³-hybridized carbons (Fsp3) is 0.333. The maximum atomic E-state index is 11.4. The smallest absolute Gasteiger partial charge is 0.294 e. The fourth-order valence-electron chi connectivity index (χ4n) is 0.331. The number of hydrogen-bond donors (Lipinski definition) is 0. The van der Waals surface area contributed by atoms with Crippen molar-refractivity contribution in [1.82, 2.24) is 0 Å². The quantitative estimate of drug-likeness (QED) is 0.467. The van der Waals surface area contributed by atoms with E-state index in [4.69, 9.17) is 0 Å². The number of ketones is 2. The van der Waals surface area contributed by atoms with Gasteiger partial charge in [0.2, 0.25) is 5.78 Å². The summed E-state index contributed by atoms with van der Waals surface area (Å²) in [5.74, 6) is -2.96. The summed E-state index contributed by atoms with van der Waals surface area (Å²) < 4.78 is 34.2. The van der Waals surface area contributed by atoms with Crippen molar-refractivity contribution in [3.8, 4) is 0 Å². The molecular weight excluding hydrogens is 161 g/mol. The molecule has 0 heterocycles. The highest BCUT2D eigenvalue weighted by molar-refractivity contribution is 6.06. The number of hydrogen-bond acceptors (Lipinski definition) is 2. The summed E-state index contributed by atoms with van der Waals surface area (Å²) in [4.78, 5) is 20.3. The van der Waals surface area contributed by atoms with E-state index in [0.717, 1.165) is 0 Å². The van der Waals surface area contributed by atoms with E-state index in [1.807, 2.05) is 0 Å². The monoisotopic (exact) mass is 166 g/mol. The van der Waals surface area contributed by atoms with Gasteiger partial charge in [-0.2, -0.15) is 13.2 Å². The predicted octanol–water partition coefficient (Wildman–Crippen LogP) is 1.26. The molecule has 0 saturated carbocycles. The Morgan fingerprint density at radius 3 is 2.09 bits per heavy atom. The molecular formula is C6H5F3O2. The third-order valence-electron chi connectivity index (χ3n) is 0.879. The highest BCUT2D eigenvalue weighted by Crippen LogP contribution is 2.17. The summed E-state index contributed by atoms with van der Waals surface area (Å²) in [6.45, 7) is 2.93. The summed E-state index contributed by atoms with van der Waals surface area (Å²) in [6.07, 6.45) is -5.38. The Hall–Kier alpha value is -1.13. The van der Waals surface area contributed by atoms with E-state index in [1.54, 1.807) is 0 Å². The van der Waals surface area contributed by atoms with E-state index in [2.05, 4.69) is 6.58 Å². The molecule has 0 aromatic carbocycles.